The highest BCUT2D eigenvalue weighted by molar-refractivity contribution is 7.89. The normalized spacial score (nSPS) is 20.6. The van der Waals surface area contributed by atoms with Crippen LogP contribution in [0.25, 0.3) is 11.1 Å². The van der Waals surface area contributed by atoms with Crippen LogP contribution in [0.15, 0.2) is 138 Å². The third-order valence-corrected chi connectivity index (χ3v) is 11.3. The Morgan fingerprint density at radius 2 is 1.39 bits per heavy atom. The molecule has 9 heteroatoms. The van der Waals surface area contributed by atoms with Crippen LogP contribution in [0.3, 0.4) is 0 Å². The molecule has 0 unspecified atom stereocenters. The Kier molecular flexibility index (Phi) is 11.8. The van der Waals surface area contributed by atoms with Crippen LogP contribution in [-0.2, 0) is 32.6 Å². The number of hydrogen-bond acceptors (Lipinski definition) is 7. The van der Waals surface area contributed by atoms with Gasteiger partial charge in [-0.2, -0.15) is 0 Å². The summed E-state index contributed by atoms with van der Waals surface area (Å²) in [7, 11) is -1.66. The number of rotatable bonds is 13. The first kappa shape index (κ1) is 36.6. The number of aliphatic hydroxyl groups is 2. The number of nitrogens with zero attached hydrogens (tertiary/aromatic N) is 1. The van der Waals surface area contributed by atoms with Crippen LogP contribution in [0.4, 0.5) is 0 Å². The van der Waals surface area contributed by atoms with Crippen molar-refractivity contribution in [2.45, 2.75) is 62.5 Å². The number of benzene rings is 5. The van der Waals surface area contributed by atoms with Gasteiger partial charge in [0.05, 0.1) is 29.8 Å². The fourth-order valence-electron chi connectivity index (χ4n) is 6.58. The molecule has 51 heavy (non-hydrogen) atoms. The summed E-state index contributed by atoms with van der Waals surface area (Å²) in [5.74, 6) is -0.0180. The molecule has 5 aromatic rings. The largest absolute Gasteiger partial charge is 0.392 e. The number of likely N-dealkylation sites (N-methyl/N-ethyl adjacent to an activating group) is 1. The summed E-state index contributed by atoms with van der Waals surface area (Å²) in [5, 5.41) is 20.8. The Balaban J connectivity index is 1.22. The van der Waals surface area contributed by atoms with Crippen molar-refractivity contribution in [3.63, 3.8) is 0 Å². The van der Waals surface area contributed by atoms with Crippen LogP contribution in [0, 0.1) is 5.92 Å². The summed E-state index contributed by atoms with van der Waals surface area (Å²) in [6.07, 6.45) is -1.81. The lowest BCUT2D eigenvalue weighted by molar-refractivity contribution is -0.276. The van der Waals surface area contributed by atoms with Gasteiger partial charge in [-0.15, -0.1) is 0 Å². The van der Waals surface area contributed by atoms with E-state index in [1.807, 2.05) is 117 Å². The van der Waals surface area contributed by atoms with Gasteiger partial charge in [0.25, 0.3) is 0 Å². The maximum atomic E-state index is 12.9. The van der Waals surface area contributed by atoms with E-state index < -0.39 is 22.4 Å². The zero-order valence-electron chi connectivity index (χ0n) is 29.2. The second-order valence-electron chi connectivity index (χ2n) is 13.3. The van der Waals surface area contributed by atoms with Gasteiger partial charge >= 0.3 is 0 Å². The first-order chi connectivity index (χ1) is 24.6. The maximum Gasteiger partial charge on any atom is 0.240 e. The molecule has 1 aliphatic rings. The Morgan fingerprint density at radius 3 is 2.06 bits per heavy atom. The van der Waals surface area contributed by atoms with Crippen molar-refractivity contribution >= 4 is 10.0 Å². The summed E-state index contributed by atoms with van der Waals surface area (Å²) in [5.41, 5.74) is 6.27. The van der Waals surface area contributed by atoms with E-state index in [0.29, 0.717) is 6.54 Å². The van der Waals surface area contributed by atoms with E-state index in [1.54, 1.807) is 30.3 Å². The van der Waals surface area contributed by atoms with Gasteiger partial charge in [-0.1, -0.05) is 128 Å². The second-order valence-corrected chi connectivity index (χ2v) is 15.0. The van der Waals surface area contributed by atoms with Crippen LogP contribution in [0.5, 0.6) is 0 Å². The molecule has 0 radical (unpaired) electrons. The highest BCUT2D eigenvalue weighted by Gasteiger charge is 2.39. The average molecular weight is 707 g/mol. The zero-order chi connectivity index (χ0) is 36.0. The van der Waals surface area contributed by atoms with Gasteiger partial charge in [0, 0.05) is 30.6 Å². The van der Waals surface area contributed by atoms with Crippen LogP contribution < -0.4 is 4.72 Å². The number of hydrogen-bond donors (Lipinski definition) is 3. The molecule has 0 amide bonds. The van der Waals surface area contributed by atoms with Crippen LogP contribution in [0.2, 0.25) is 0 Å². The molecule has 0 bridgehead atoms. The monoisotopic (exact) mass is 706 g/mol. The molecule has 1 heterocycles. The first-order valence-electron chi connectivity index (χ1n) is 17.3. The standard InChI is InChI=1S/C42H46N2O6S/c1-29-39(27-44(3)30(2)40(46)33-12-6-4-7-13-33)49-42(50-41(29)34-20-18-31(28-45)19-21-34)35-24-22-32(23-25-35)38-17-11-10-14-36(38)26-43-51(47,48)37-15-8-5-9-16-37/h4-25,29-30,39-43,45-46H,26-28H2,1-3H3/t29-,30-,39+,40-,41+,42+/m0/s1. The number of ether oxygens (including phenoxy) is 2. The van der Waals surface area contributed by atoms with Crippen molar-refractivity contribution in [3.05, 3.63) is 161 Å². The van der Waals surface area contributed by atoms with E-state index in [4.69, 9.17) is 9.47 Å². The minimum Gasteiger partial charge on any atom is -0.392 e. The minimum absolute atomic E-state index is 0.0180. The average Bonchev–Trinajstić information content (AvgIpc) is 3.18. The lowest BCUT2D eigenvalue weighted by Crippen LogP contribution is -2.46. The maximum absolute atomic E-state index is 12.9. The van der Waals surface area contributed by atoms with E-state index in [2.05, 4.69) is 16.5 Å². The van der Waals surface area contributed by atoms with E-state index in [-0.39, 0.29) is 42.2 Å². The van der Waals surface area contributed by atoms with Gasteiger partial charge in [0.1, 0.15) is 0 Å². The fourth-order valence-corrected chi connectivity index (χ4v) is 7.61. The van der Waals surface area contributed by atoms with Crippen molar-refractivity contribution in [1.29, 1.82) is 0 Å². The van der Waals surface area contributed by atoms with Gasteiger partial charge in [-0.05, 0) is 59.5 Å². The highest BCUT2D eigenvalue weighted by atomic mass is 32.2. The van der Waals surface area contributed by atoms with E-state index >= 15 is 0 Å². The Bertz CT molecular complexity index is 1960. The molecule has 1 saturated heterocycles. The topological polar surface area (TPSA) is 108 Å². The van der Waals surface area contributed by atoms with Crippen molar-refractivity contribution in [2.24, 2.45) is 5.92 Å². The Labute approximate surface area is 301 Å². The van der Waals surface area contributed by atoms with Crippen molar-refractivity contribution in [3.8, 4) is 11.1 Å². The number of sulfonamides is 1. The lowest BCUT2D eigenvalue weighted by Gasteiger charge is -2.43. The molecule has 1 aliphatic heterocycles. The molecule has 5 aromatic carbocycles. The molecule has 0 saturated carbocycles. The second kappa shape index (κ2) is 16.4. The summed E-state index contributed by atoms with van der Waals surface area (Å²) >= 11 is 0. The summed E-state index contributed by atoms with van der Waals surface area (Å²) < 4.78 is 42.0. The van der Waals surface area contributed by atoms with Crippen molar-refractivity contribution < 1.29 is 28.1 Å². The van der Waals surface area contributed by atoms with Gasteiger partial charge in [-0.3, -0.25) is 4.90 Å². The highest BCUT2D eigenvalue weighted by Crippen LogP contribution is 2.42. The smallest absolute Gasteiger partial charge is 0.240 e. The zero-order valence-corrected chi connectivity index (χ0v) is 30.0. The van der Waals surface area contributed by atoms with Crippen molar-refractivity contribution in [2.75, 3.05) is 13.6 Å². The van der Waals surface area contributed by atoms with E-state index in [9.17, 15) is 18.6 Å². The van der Waals surface area contributed by atoms with Crippen LogP contribution in [-0.4, -0.2) is 49.3 Å². The van der Waals surface area contributed by atoms with Crippen LogP contribution in [0.1, 0.15) is 60.2 Å². The molecule has 0 aliphatic carbocycles. The van der Waals surface area contributed by atoms with Gasteiger partial charge in [0.2, 0.25) is 10.0 Å². The van der Waals surface area contributed by atoms with Gasteiger partial charge in [-0.25, -0.2) is 13.1 Å². The molecule has 0 spiro atoms. The quantitative estimate of drug-likeness (QED) is 0.119. The van der Waals surface area contributed by atoms with E-state index in [0.717, 1.165) is 38.9 Å². The Hall–Kier alpha value is -4.19. The molecule has 6 atom stereocenters. The number of aliphatic hydroxyl groups excluding tert-OH is 2. The predicted octanol–water partition coefficient (Wildman–Crippen LogP) is 7.17. The van der Waals surface area contributed by atoms with Crippen LogP contribution >= 0.6 is 0 Å². The van der Waals surface area contributed by atoms with E-state index in [1.165, 1.54) is 0 Å². The summed E-state index contributed by atoms with van der Waals surface area (Å²) in [6.45, 7) is 4.83. The number of nitrogens with one attached hydrogen (secondary N) is 1. The summed E-state index contributed by atoms with van der Waals surface area (Å²) in [4.78, 5) is 2.36. The third kappa shape index (κ3) is 8.65. The predicted molar refractivity (Wildman–Crippen MR) is 199 cm³/mol. The molecule has 6 rings (SSSR count). The molecule has 3 N–H and O–H groups in total. The van der Waals surface area contributed by atoms with Gasteiger partial charge in [0.15, 0.2) is 6.29 Å². The van der Waals surface area contributed by atoms with Gasteiger partial charge < -0.3 is 19.7 Å². The molecular weight excluding hydrogens is 661 g/mol. The fraction of sp³-hybridized carbons (Fsp3) is 0.286. The lowest BCUT2D eigenvalue weighted by atomic mass is 9.89. The minimum atomic E-state index is -3.67. The molecular formula is C42H46N2O6S. The van der Waals surface area contributed by atoms with Crippen molar-refractivity contribution in [1.82, 2.24) is 9.62 Å². The SMILES string of the molecule is C[C@H]1[C@@H](CN(C)[C@@H](C)[C@H](O)c2ccccc2)O[C@@H](c2ccc(-c3ccccc3CNS(=O)(=O)c3ccccc3)cc2)O[C@H]1c1ccc(CO)cc1. The third-order valence-electron chi connectivity index (χ3n) is 9.90. The molecule has 266 valence electrons. The Morgan fingerprint density at radius 1 is 0.784 bits per heavy atom. The molecule has 0 aromatic heterocycles. The molecule has 8 nitrogen and oxygen atoms in total. The molecule has 1 fully saturated rings. The first-order valence-corrected chi connectivity index (χ1v) is 18.8. The summed E-state index contributed by atoms with van der Waals surface area (Å²) in [6, 6.07) is 41.5.